The third kappa shape index (κ3) is 5.15. The second-order valence-electron chi connectivity index (χ2n) is 10.6. The van der Waals surface area contributed by atoms with Crippen LogP contribution in [-0.4, -0.2) is 58.5 Å². The lowest BCUT2D eigenvalue weighted by atomic mass is 9.96. The summed E-state index contributed by atoms with van der Waals surface area (Å²) in [4.78, 5) is 15.0. The van der Waals surface area contributed by atoms with Gasteiger partial charge in [0, 0.05) is 37.7 Å². The van der Waals surface area contributed by atoms with Crippen LogP contribution in [0, 0.1) is 25.5 Å². The predicted octanol–water partition coefficient (Wildman–Crippen LogP) is 4.75. The van der Waals surface area contributed by atoms with E-state index in [1.165, 1.54) is 0 Å². The summed E-state index contributed by atoms with van der Waals surface area (Å²) in [6.07, 6.45) is -4.54. The van der Waals surface area contributed by atoms with Crippen molar-refractivity contribution in [2.75, 3.05) is 36.9 Å². The summed E-state index contributed by atoms with van der Waals surface area (Å²) >= 11 is 0. The lowest BCUT2D eigenvalue weighted by Gasteiger charge is -2.38. The molecule has 1 aromatic carbocycles. The summed E-state index contributed by atoms with van der Waals surface area (Å²) in [7, 11) is 0. The highest BCUT2D eigenvalue weighted by atomic mass is 19.4. The fourth-order valence-electron chi connectivity index (χ4n) is 5.62. The number of halogens is 5. The minimum absolute atomic E-state index is 0.0994. The number of nitrogens with one attached hydrogen (secondary N) is 1. The molecule has 43 heavy (non-hydrogen) atoms. The summed E-state index contributed by atoms with van der Waals surface area (Å²) < 4.78 is 90.9. The number of anilines is 2. The Morgan fingerprint density at radius 2 is 1.93 bits per heavy atom. The molecule has 2 aliphatic heterocycles. The zero-order valence-corrected chi connectivity index (χ0v) is 23.5. The molecule has 1 fully saturated rings. The average molecular weight is 606 g/mol. The lowest BCUT2D eigenvalue weighted by Crippen LogP contribution is -2.56. The molecule has 6 rings (SSSR count). The van der Waals surface area contributed by atoms with E-state index in [1.54, 1.807) is 19.9 Å². The van der Waals surface area contributed by atoms with Crippen molar-refractivity contribution in [1.29, 1.82) is 0 Å². The Kier molecular flexibility index (Phi) is 7.22. The van der Waals surface area contributed by atoms with Crippen molar-refractivity contribution in [2.45, 2.75) is 51.9 Å². The molecule has 0 radical (unpaired) electrons. The molecule has 0 bridgehead atoms. The van der Waals surface area contributed by atoms with Crippen LogP contribution in [0.3, 0.4) is 0 Å². The van der Waals surface area contributed by atoms with Gasteiger partial charge in [-0.2, -0.15) is 23.1 Å². The van der Waals surface area contributed by atoms with Crippen molar-refractivity contribution in [2.24, 2.45) is 0 Å². The quantitative estimate of drug-likeness (QED) is 0.181. The molecule has 228 valence electrons. The molecule has 15 heteroatoms. The van der Waals surface area contributed by atoms with Gasteiger partial charge in [0.15, 0.2) is 5.82 Å². The molecule has 3 aromatic heterocycles. The van der Waals surface area contributed by atoms with Gasteiger partial charge in [0.25, 0.3) is 0 Å². The smallest absolute Gasteiger partial charge is 0.417 e. The number of pyridine rings is 1. The van der Waals surface area contributed by atoms with E-state index >= 15 is 4.39 Å². The van der Waals surface area contributed by atoms with Crippen LogP contribution < -0.4 is 25.4 Å². The monoisotopic (exact) mass is 605 g/mol. The molecule has 5 heterocycles. The van der Waals surface area contributed by atoms with Gasteiger partial charge in [-0.15, -0.1) is 0 Å². The van der Waals surface area contributed by atoms with Crippen molar-refractivity contribution in [3.05, 3.63) is 46.3 Å². The van der Waals surface area contributed by atoms with E-state index in [4.69, 9.17) is 19.7 Å². The number of fused-ring (bicyclic) bond motifs is 2. The molecule has 3 N–H and O–H groups in total. The first kappa shape index (κ1) is 28.8. The first-order chi connectivity index (χ1) is 20.4. The van der Waals surface area contributed by atoms with Crippen LogP contribution in [0.15, 0.2) is 16.7 Å². The molecule has 2 atom stereocenters. The van der Waals surface area contributed by atoms with Crippen LogP contribution in [0.2, 0.25) is 0 Å². The van der Waals surface area contributed by atoms with Crippen LogP contribution >= 0.6 is 0 Å². The van der Waals surface area contributed by atoms with Crippen molar-refractivity contribution < 1.29 is 35.9 Å². The largest absolute Gasteiger partial charge is 0.472 e. The van der Waals surface area contributed by atoms with Crippen LogP contribution in [0.5, 0.6) is 11.9 Å². The van der Waals surface area contributed by atoms with Gasteiger partial charge in [-0.25, -0.2) is 13.8 Å². The second-order valence-corrected chi connectivity index (χ2v) is 10.6. The number of hydrogen-bond donors (Lipinski definition) is 2. The van der Waals surface area contributed by atoms with E-state index in [-0.39, 0.29) is 35.4 Å². The number of nitrogens with zero attached hydrogens (tertiary/aromatic N) is 5. The van der Waals surface area contributed by atoms with Crippen LogP contribution in [0.1, 0.15) is 35.9 Å². The molecule has 4 aromatic rings. The van der Waals surface area contributed by atoms with Gasteiger partial charge in [0.1, 0.15) is 40.1 Å². The Hall–Kier alpha value is -4.27. The number of hydrogen-bond acceptors (Lipinski definition) is 10. The van der Waals surface area contributed by atoms with Gasteiger partial charge in [-0.05, 0) is 38.8 Å². The zero-order valence-electron chi connectivity index (χ0n) is 23.5. The fourth-order valence-corrected chi connectivity index (χ4v) is 5.62. The normalized spacial score (nSPS) is 18.4. The second kappa shape index (κ2) is 10.8. The number of benzene rings is 1. The number of nitrogens with two attached hydrogens (primary N) is 1. The standard InChI is InChI=1S/C28H28F5N7O3/c1-12-9-15(43-39-12)5-4-8-41-27-37-24-19-25(38-27)40-7-6-35-11-18(40)14(3)42-26(19)36-23(22(24)30)16-10-17(34)21(29)13(2)20(16)28(31,32)33/h9-10,14,18,35H,4-8,11,34H2,1-3H3/t14-,18-/m0/s1. The van der Waals surface area contributed by atoms with Crippen LogP contribution in [0.25, 0.3) is 22.2 Å². The van der Waals surface area contributed by atoms with E-state index in [0.717, 1.165) is 18.7 Å². The lowest BCUT2D eigenvalue weighted by molar-refractivity contribution is -0.137. The average Bonchev–Trinajstić information content (AvgIpc) is 3.33. The van der Waals surface area contributed by atoms with Gasteiger partial charge >= 0.3 is 12.2 Å². The molecule has 0 amide bonds. The van der Waals surface area contributed by atoms with Gasteiger partial charge in [0.05, 0.1) is 29.6 Å². The van der Waals surface area contributed by atoms with Crippen LogP contribution in [0.4, 0.5) is 33.5 Å². The molecular weight excluding hydrogens is 577 g/mol. The van der Waals surface area contributed by atoms with Gasteiger partial charge in [-0.1, -0.05) is 5.16 Å². The number of piperazine rings is 1. The predicted molar refractivity (Wildman–Crippen MR) is 146 cm³/mol. The molecule has 0 aliphatic carbocycles. The van der Waals surface area contributed by atoms with Gasteiger partial charge < -0.3 is 29.9 Å². The fraction of sp³-hybridized carbons (Fsp3) is 0.429. The highest BCUT2D eigenvalue weighted by Crippen LogP contribution is 2.46. The third-order valence-corrected chi connectivity index (χ3v) is 7.65. The van der Waals surface area contributed by atoms with Crippen LogP contribution in [-0.2, 0) is 12.6 Å². The number of ether oxygens (including phenoxy) is 2. The molecule has 1 saturated heterocycles. The Balaban J connectivity index is 1.51. The van der Waals surface area contributed by atoms with Crippen molar-refractivity contribution >= 4 is 22.4 Å². The summed E-state index contributed by atoms with van der Waals surface area (Å²) in [6, 6.07) is 2.10. The maximum absolute atomic E-state index is 16.4. The molecule has 0 unspecified atom stereocenters. The summed E-state index contributed by atoms with van der Waals surface area (Å²) in [5, 5.41) is 7.23. The third-order valence-electron chi connectivity index (χ3n) is 7.65. The van der Waals surface area contributed by atoms with E-state index in [1.807, 2.05) is 4.90 Å². The molecule has 0 saturated carbocycles. The van der Waals surface area contributed by atoms with Gasteiger partial charge in [0.2, 0.25) is 5.88 Å². The van der Waals surface area contributed by atoms with Crippen molar-refractivity contribution in [3.8, 4) is 23.1 Å². The summed E-state index contributed by atoms with van der Waals surface area (Å²) in [5.41, 5.74) is 1.89. The highest BCUT2D eigenvalue weighted by Gasteiger charge is 2.41. The zero-order chi connectivity index (χ0) is 30.6. The minimum Gasteiger partial charge on any atom is -0.472 e. The van der Waals surface area contributed by atoms with E-state index in [2.05, 4.69) is 25.4 Å². The number of aromatic nitrogens is 4. The maximum atomic E-state index is 16.4. The van der Waals surface area contributed by atoms with Crippen molar-refractivity contribution in [3.63, 3.8) is 0 Å². The minimum atomic E-state index is -5.04. The molecule has 10 nitrogen and oxygen atoms in total. The molecular formula is C28H28F5N7O3. The molecule has 2 aliphatic rings. The number of alkyl halides is 3. The highest BCUT2D eigenvalue weighted by molar-refractivity contribution is 5.97. The van der Waals surface area contributed by atoms with Crippen molar-refractivity contribution in [1.82, 2.24) is 25.4 Å². The first-order valence-electron chi connectivity index (χ1n) is 13.7. The Morgan fingerprint density at radius 1 is 1.14 bits per heavy atom. The number of nitrogen functional groups attached to an aromatic ring is 1. The van der Waals surface area contributed by atoms with Gasteiger partial charge in [-0.3, -0.25) is 0 Å². The van der Waals surface area contributed by atoms with E-state index in [9.17, 15) is 17.6 Å². The Labute approximate surface area is 242 Å². The molecule has 0 spiro atoms. The van der Waals surface area contributed by atoms with E-state index < -0.39 is 52.0 Å². The SMILES string of the molecule is Cc1cc(CCCOc2nc3c4c(nc(-c5cc(N)c(F)c(C)c5C(F)(F)F)c(F)c4n2)O[C@@H](C)[C@@H]2CNCCN32)on1. The first-order valence-corrected chi connectivity index (χ1v) is 13.7. The topological polar surface area (TPSA) is 124 Å². The van der Waals surface area contributed by atoms with E-state index in [0.29, 0.717) is 44.1 Å². The number of aryl methyl sites for hydroxylation is 2. The Bertz CT molecular complexity index is 1710. The Morgan fingerprint density at radius 3 is 2.65 bits per heavy atom. The summed E-state index contributed by atoms with van der Waals surface area (Å²) in [5.74, 6) is -1.61. The number of rotatable bonds is 6. The maximum Gasteiger partial charge on any atom is 0.417 e. The summed E-state index contributed by atoms with van der Waals surface area (Å²) in [6.45, 7) is 6.26.